The maximum atomic E-state index is 12.2. The molecule has 0 saturated heterocycles. The van der Waals surface area contributed by atoms with Crippen LogP contribution in [0.2, 0.25) is 0 Å². The van der Waals surface area contributed by atoms with Crippen molar-refractivity contribution in [3.05, 3.63) is 27.4 Å². The number of ether oxygens (including phenoxy) is 1. The minimum atomic E-state index is -0.393. The van der Waals surface area contributed by atoms with E-state index in [0.29, 0.717) is 26.0 Å². The van der Waals surface area contributed by atoms with Gasteiger partial charge in [-0.2, -0.15) is 0 Å². The van der Waals surface area contributed by atoms with Gasteiger partial charge >= 0.3 is 5.97 Å². The number of hydrogen-bond donors (Lipinski definition) is 0. The van der Waals surface area contributed by atoms with E-state index < -0.39 is 5.56 Å². The molecule has 0 aromatic carbocycles. The van der Waals surface area contributed by atoms with Gasteiger partial charge in [-0.15, -0.1) is 0 Å². The van der Waals surface area contributed by atoms with E-state index in [1.54, 1.807) is 24.6 Å². The van der Waals surface area contributed by atoms with Crippen LogP contribution in [-0.4, -0.2) is 27.6 Å². The van der Waals surface area contributed by atoms with Crippen LogP contribution in [0, 0.1) is 10.7 Å². The van der Waals surface area contributed by atoms with Crippen LogP contribution in [0.15, 0.2) is 17.1 Å². The van der Waals surface area contributed by atoms with E-state index in [1.807, 2.05) is 6.92 Å². The molecule has 6 nitrogen and oxygen atoms in total. The Bertz CT molecular complexity index is 661. The van der Waals surface area contributed by atoms with Crippen molar-refractivity contribution in [2.45, 2.75) is 53.0 Å². The highest BCUT2D eigenvalue weighted by molar-refractivity contribution is 7.71. The number of nitrogens with zero attached hydrogens (tertiary/aromatic N) is 2. The van der Waals surface area contributed by atoms with E-state index in [1.165, 1.54) is 6.07 Å². The summed E-state index contributed by atoms with van der Waals surface area (Å²) in [5.74, 6) is -0.629. The minimum Gasteiger partial charge on any atom is -0.465 e. The van der Waals surface area contributed by atoms with Gasteiger partial charge in [-0.1, -0.05) is 13.8 Å². The second kappa shape index (κ2) is 9.39. The van der Waals surface area contributed by atoms with Gasteiger partial charge in [0.2, 0.25) is 5.91 Å². The summed E-state index contributed by atoms with van der Waals surface area (Å²) in [7, 11) is 0. The Morgan fingerprint density at radius 1 is 1.26 bits per heavy atom. The Kier molecular flexibility index (Phi) is 7.88. The number of esters is 1. The van der Waals surface area contributed by atoms with E-state index in [0.717, 1.165) is 11.0 Å². The normalized spacial score (nSPS) is 10.8. The summed E-state index contributed by atoms with van der Waals surface area (Å²) < 4.78 is 8.03. The van der Waals surface area contributed by atoms with Crippen LogP contribution >= 0.6 is 12.2 Å². The van der Waals surface area contributed by atoms with Crippen molar-refractivity contribution in [3.8, 4) is 0 Å². The van der Waals surface area contributed by atoms with E-state index >= 15 is 0 Å². The van der Waals surface area contributed by atoms with Crippen molar-refractivity contribution in [1.82, 2.24) is 9.13 Å². The van der Waals surface area contributed by atoms with Crippen molar-refractivity contribution in [2.24, 2.45) is 5.92 Å². The molecule has 0 fully saturated rings. The summed E-state index contributed by atoms with van der Waals surface area (Å²) in [4.78, 5) is 35.3. The third-order valence-electron chi connectivity index (χ3n) is 3.40. The van der Waals surface area contributed by atoms with Gasteiger partial charge in [0.05, 0.1) is 12.5 Å². The molecule has 7 heteroatoms. The van der Waals surface area contributed by atoms with Crippen LogP contribution < -0.4 is 5.56 Å². The van der Waals surface area contributed by atoms with Gasteiger partial charge in [0.15, 0.2) is 4.77 Å². The van der Waals surface area contributed by atoms with Gasteiger partial charge in [-0.05, 0) is 38.4 Å². The lowest BCUT2D eigenvalue weighted by Gasteiger charge is -2.09. The molecule has 128 valence electrons. The van der Waals surface area contributed by atoms with Crippen molar-refractivity contribution in [3.63, 3.8) is 0 Å². The molecular weight excluding hydrogens is 316 g/mol. The van der Waals surface area contributed by atoms with E-state index in [2.05, 4.69) is 0 Å². The second-order valence-electron chi connectivity index (χ2n) is 5.58. The fraction of sp³-hybridized carbons (Fsp3) is 0.625. The van der Waals surface area contributed by atoms with Crippen molar-refractivity contribution in [2.75, 3.05) is 6.61 Å². The third kappa shape index (κ3) is 5.74. The fourth-order valence-electron chi connectivity index (χ4n) is 1.99. The molecule has 1 aromatic heterocycles. The molecule has 0 spiro atoms. The number of rotatable bonds is 8. The van der Waals surface area contributed by atoms with Crippen LogP contribution in [-0.2, 0) is 16.1 Å². The fourth-order valence-corrected chi connectivity index (χ4v) is 2.37. The zero-order chi connectivity index (χ0) is 17.4. The summed E-state index contributed by atoms with van der Waals surface area (Å²) in [5, 5.41) is 0. The Hall–Kier alpha value is -1.76. The van der Waals surface area contributed by atoms with Crippen molar-refractivity contribution in [1.29, 1.82) is 0 Å². The summed E-state index contributed by atoms with van der Waals surface area (Å²) in [6.45, 7) is 6.43. The smallest absolute Gasteiger partial charge is 0.308 e. The molecule has 1 aromatic rings. The molecule has 23 heavy (non-hydrogen) atoms. The lowest BCUT2D eigenvalue weighted by atomic mass is 10.2. The first-order valence-electron chi connectivity index (χ1n) is 7.90. The highest BCUT2D eigenvalue weighted by atomic mass is 32.1. The molecule has 1 heterocycles. The van der Waals surface area contributed by atoms with Crippen LogP contribution in [0.5, 0.6) is 0 Å². The molecule has 0 aliphatic heterocycles. The highest BCUT2D eigenvalue weighted by Gasteiger charge is 2.11. The van der Waals surface area contributed by atoms with E-state index in [4.69, 9.17) is 17.0 Å². The zero-order valence-electron chi connectivity index (χ0n) is 13.9. The molecule has 0 bridgehead atoms. The standard InChI is InChI=1S/C16H24N2O4S/c1-4-17-10-9-14(20)18(16(17)23)13(19)8-6-5-7-11-22-15(21)12(2)3/h9-10,12H,4-8,11H2,1-3H3. The third-order valence-corrected chi connectivity index (χ3v) is 3.81. The molecule has 0 amide bonds. The molecule has 0 atom stereocenters. The first-order chi connectivity index (χ1) is 10.9. The Morgan fingerprint density at radius 2 is 1.96 bits per heavy atom. The van der Waals surface area contributed by atoms with Gasteiger partial charge in [-0.25, -0.2) is 4.57 Å². The van der Waals surface area contributed by atoms with Crippen molar-refractivity contribution >= 4 is 24.1 Å². The van der Waals surface area contributed by atoms with Crippen LogP contribution in [0.25, 0.3) is 0 Å². The quantitative estimate of drug-likeness (QED) is 0.413. The van der Waals surface area contributed by atoms with Crippen LogP contribution in [0.4, 0.5) is 0 Å². The number of aryl methyl sites for hydroxylation is 1. The minimum absolute atomic E-state index is 0.128. The maximum absolute atomic E-state index is 12.2. The van der Waals surface area contributed by atoms with Gasteiger partial charge in [0.1, 0.15) is 0 Å². The predicted octanol–water partition coefficient (Wildman–Crippen LogP) is 2.80. The monoisotopic (exact) mass is 340 g/mol. The van der Waals surface area contributed by atoms with E-state index in [-0.39, 0.29) is 29.0 Å². The number of hydrogen-bond acceptors (Lipinski definition) is 5. The average Bonchev–Trinajstić information content (AvgIpc) is 2.50. The maximum Gasteiger partial charge on any atom is 0.308 e. The topological polar surface area (TPSA) is 70.3 Å². The molecule has 1 rings (SSSR count). The average molecular weight is 340 g/mol. The molecular formula is C16H24N2O4S. The summed E-state index contributed by atoms with van der Waals surface area (Å²) >= 11 is 5.18. The Labute approximate surface area is 141 Å². The number of aromatic nitrogens is 2. The summed E-state index contributed by atoms with van der Waals surface area (Å²) in [6.07, 6.45) is 3.91. The first-order valence-corrected chi connectivity index (χ1v) is 8.31. The zero-order valence-corrected chi connectivity index (χ0v) is 14.7. The predicted molar refractivity (Wildman–Crippen MR) is 90.1 cm³/mol. The molecule has 0 saturated carbocycles. The Morgan fingerprint density at radius 3 is 2.57 bits per heavy atom. The number of unbranched alkanes of at least 4 members (excludes halogenated alkanes) is 2. The number of carbonyl (C=O) groups is 2. The summed E-state index contributed by atoms with van der Waals surface area (Å²) in [6, 6.07) is 1.35. The second-order valence-corrected chi connectivity index (χ2v) is 5.95. The Balaban J connectivity index is 2.45. The SMILES string of the molecule is CCn1ccc(=O)n(C(=O)CCCCCOC(=O)C(C)C)c1=S. The van der Waals surface area contributed by atoms with Gasteiger partial charge in [-0.3, -0.25) is 14.4 Å². The molecule has 0 radical (unpaired) electrons. The van der Waals surface area contributed by atoms with E-state index in [9.17, 15) is 14.4 Å². The first kappa shape index (κ1) is 19.3. The van der Waals surface area contributed by atoms with Gasteiger partial charge < -0.3 is 9.30 Å². The van der Waals surface area contributed by atoms with Gasteiger partial charge in [0.25, 0.3) is 5.56 Å². The van der Waals surface area contributed by atoms with Gasteiger partial charge in [0, 0.05) is 25.2 Å². The van der Waals surface area contributed by atoms with Crippen LogP contribution in [0.1, 0.15) is 51.2 Å². The summed E-state index contributed by atoms with van der Waals surface area (Å²) in [5.41, 5.74) is -0.393. The van der Waals surface area contributed by atoms with Crippen molar-refractivity contribution < 1.29 is 14.3 Å². The lowest BCUT2D eigenvalue weighted by molar-refractivity contribution is -0.147. The molecule has 0 aliphatic carbocycles. The number of carbonyl (C=O) groups excluding carboxylic acids is 2. The molecule has 0 N–H and O–H groups in total. The molecule has 0 aliphatic rings. The van der Waals surface area contributed by atoms with Crippen LogP contribution in [0.3, 0.4) is 0 Å². The highest BCUT2D eigenvalue weighted by Crippen LogP contribution is 2.04. The molecule has 0 unspecified atom stereocenters. The largest absolute Gasteiger partial charge is 0.465 e. The lowest BCUT2D eigenvalue weighted by Crippen LogP contribution is -2.29.